The lowest BCUT2D eigenvalue weighted by Gasteiger charge is -2.19. The number of likely N-dealkylation sites (N-methyl/N-ethyl adjacent to an activating group) is 1. The fourth-order valence-corrected chi connectivity index (χ4v) is 2.48. The molecule has 2 rings (SSSR count). The Hall–Kier alpha value is -2.94. The molecule has 0 heterocycles. The van der Waals surface area contributed by atoms with Crippen molar-refractivity contribution in [3.63, 3.8) is 0 Å². The Morgan fingerprint density at radius 1 is 0.929 bits per heavy atom. The van der Waals surface area contributed by atoms with Crippen LogP contribution in [0.2, 0.25) is 0 Å². The zero-order chi connectivity index (χ0) is 20.8. The summed E-state index contributed by atoms with van der Waals surface area (Å²) in [6, 6.07) is 6.90. The maximum absolute atomic E-state index is 13.6. The van der Waals surface area contributed by atoms with Crippen LogP contribution in [0.25, 0.3) is 0 Å². The molecule has 0 aliphatic heterocycles. The van der Waals surface area contributed by atoms with Gasteiger partial charge in [0.05, 0.1) is 24.8 Å². The van der Waals surface area contributed by atoms with Crippen LogP contribution in [0.3, 0.4) is 0 Å². The van der Waals surface area contributed by atoms with Crippen LogP contribution in [-0.2, 0) is 9.59 Å². The molecule has 2 aromatic rings. The van der Waals surface area contributed by atoms with Gasteiger partial charge in [-0.05, 0) is 43.8 Å². The molecule has 0 unspecified atom stereocenters. The van der Waals surface area contributed by atoms with Crippen LogP contribution in [-0.4, -0.2) is 36.9 Å². The summed E-state index contributed by atoms with van der Waals surface area (Å²) < 4.78 is 52.6. The molecule has 0 saturated carbocycles. The Balaban J connectivity index is 1.84. The van der Waals surface area contributed by atoms with Gasteiger partial charge in [-0.25, -0.2) is 17.6 Å². The van der Waals surface area contributed by atoms with Crippen molar-refractivity contribution < 1.29 is 27.2 Å². The van der Waals surface area contributed by atoms with Crippen molar-refractivity contribution in [3.8, 4) is 0 Å². The molecule has 5 nitrogen and oxygen atoms in total. The van der Waals surface area contributed by atoms with E-state index in [-0.39, 0.29) is 30.9 Å². The van der Waals surface area contributed by atoms with Gasteiger partial charge in [0.1, 0.15) is 5.82 Å². The molecule has 0 saturated heterocycles. The molecule has 0 bridgehead atoms. The number of halogens is 4. The summed E-state index contributed by atoms with van der Waals surface area (Å²) in [4.78, 5) is 25.4. The molecule has 0 aliphatic rings. The smallest absolute Gasteiger partial charge is 0.238 e. The lowest BCUT2D eigenvalue weighted by molar-refractivity contribution is -0.123. The minimum Gasteiger partial charge on any atom is -0.348 e. The molecule has 2 N–H and O–H groups in total. The van der Waals surface area contributed by atoms with Gasteiger partial charge in [0.25, 0.3) is 0 Å². The van der Waals surface area contributed by atoms with Crippen molar-refractivity contribution >= 4 is 17.5 Å². The normalized spacial score (nSPS) is 12.0. The van der Waals surface area contributed by atoms with Crippen molar-refractivity contribution in [2.75, 3.05) is 25.5 Å². The molecular formula is C19H19F4N3O2. The fourth-order valence-electron chi connectivity index (χ4n) is 2.48. The molecule has 0 radical (unpaired) electrons. The Bertz CT molecular complexity index is 859. The summed E-state index contributed by atoms with van der Waals surface area (Å²) in [5.74, 6) is -6.01. The molecule has 2 aromatic carbocycles. The van der Waals surface area contributed by atoms with E-state index in [1.165, 1.54) is 24.1 Å². The van der Waals surface area contributed by atoms with E-state index in [0.29, 0.717) is 11.6 Å². The number of rotatable bonds is 7. The number of carbonyl (C=O) groups is 2. The number of anilines is 1. The Morgan fingerprint density at radius 2 is 1.54 bits per heavy atom. The first-order chi connectivity index (χ1) is 13.2. The molecule has 0 aromatic heterocycles. The van der Waals surface area contributed by atoms with Crippen LogP contribution >= 0.6 is 0 Å². The van der Waals surface area contributed by atoms with Crippen LogP contribution in [0.5, 0.6) is 0 Å². The fraction of sp³-hybridized carbons (Fsp3) is 0.263. The lowest BCUT2D eigenvalue weighted by atomic mass is 10.1. The highest BCUT2D eigenvalue weighted by Gasteiger charge is 2.17. The average molecular weight is 397 g/mol. The minimum absolute atomic E-state index is 0.140. The standard InChI is InChI=1S/C19H19F4N3O2/c1-11(12-3-5-13(20)6-4-12)24-16(27)9-26(2)10-17(28)25-15-8-7-14(21)18(22)19(15)23/h3-8,11H,9-10H2,1-2H3,(H,24,27)(H,25,28)/t11-/m0/s1. The van der Waals surface area contributed by atoms with Crippen LogP contribution in [0.15, 0.2) is 36.4 Å². The zero-order valence-corrected chi connectivity index (χ0v) is 15.2. The summed E-state index contributed by atoms with van der Waals surface area (Å²) in [6.45, 7) is 1.31. The largest absolute Gasteiger partial charge is 0.348 e. The number of nitrogens with one attached hydrogen (secondary N) is 2. The van der Waals surface area contributed by atoms with Gasteiger partial charge in [-0.2, -0.15) is 0 Å². The third kappa shape index (κ3) is 5.78. The predicted molar refractivity (Wildman–Crippen MR) is 95.4 cm³/mol. The number of benzene rings is 2. The van der Waals surface area contributed by atoms with Gasteiger partial charge < -0.3 is 10.6 Å². The van der Waals surface area contributed by atoms with E-state index in [1.54, 1.807) is 19.1 Å². The van der Waals surface area contributed by atoms with Crippen molar-refractivity contribution in [2.24, 2.45) is 0 Å². The Kier molecular flexibility index (Phi) is 7.11. The minimum atomic E-state index is -1.68. The van der Waals surface area contributed by atoms with Gasteiger partial charge in [-0.1, -0.05) is 12.1 Å². The summed E-state index contributed by atoms with van der Waals surface area (Å²) >= 11 is 0. The van der Waals surface area contributed by atoms with Gasteiger partial charge in [-0.3, -0.25) is 14.5 Å². The van der Waals surface area contributed by atoms with E-state index < -0.39 is 29.0 Å². The summed E-state index contributed by atoms with van der Waals surface area (Å²) in [5, 5.41) is 4.83. The SMILES string of the molecule is C[C@H](NC(=O)CN(C)CC(=O)Nc1ccc(F)c(F)c1F)c1ccc(F)cc1. The first kappa shape index (κ1) is 21.4. The van der Waals surface area contributed by atoms with Crippen LogP contribution < -0.4 is 10.6 Å². The number of carbonyl (C=O) groups excluding carboxylic acids is 2. The van der Waals surface area contributed by atoms with Gasteiger partial charge >= 0.3 is 0 Å². The molecule has 150 valence electrons. The number of hydrogen-bond acceptors (Lipinski definition) is 3. The van der Waals surface area contributed by atoms with Gasteiger partial charge in [0, 0.05) is 0 Å². The zero-order valence-electron chi connectivity index (χ0n) is 15.2. The van der Waals surface area contributed by atoms with E-state index in [1.807, 2.05) is 0 Å². The van der Waals surface area contributed by atoms with Crippen LogP contribution in [0, 0.1) is 23.3 Å². The maximum atomic E-state index is 13.6. The van der Waals surface area contributed by atoms with Crippen molar-refractivity contribution in [1.82, 2.24) is 10.2 Å². The average Bonchev–Trinajstić information content (AvgIpc) is 2.62. The molecule has 1 atom stereocenters. The number of hydrogen-bond donors (Lipinski definition) is 2. The van der Waals surface area contributed by atoms with E-state index >= 15 is 0 Å². The lowest BCUT2D eigenvalue weighted by Crippen LogP contribution is -2.39. The molecule has 2 amide bonds. The van der Waals surface area contributed by atoms with E-state index in [0.717, 1.165) is 6.07 Å². The van der Waals surface area contributed by atoms with Gasteiger partial charge in [0.2, 0.25) is 11.8 Å². The molecular weight excluding hydrogens is 378 g/mol. The Labute approximate surface area is 159 Å². The third-order valence-corrected chi connectivity index (χ3v) is 3.88. The van der Waals surface area contributed by atoms with Crippen molar-refractivity contribution in [1.29, 1.82) is 0 Å². The van der Waals surface area contributed by atoms with E-state index in [9.17, 15) is 27.2 Å². The number of amides is 2. The summed E-state index contributed by atoms with van der Waals surface area (Å²) in [7, 11) is 1.49. The quantitative estimate of drug-likeness (QED) is 0.558. The van der Waals surface area contributed by atoms with Crippen LogP contribution in [0.4, 0.5) is 23.2 Å². The first-order valence-electron chi connectivity index (χ1n) is 8.34. The first-order valence-corrected chi connectivity index (χ1v) is 8.34. The summed E-state index contributed by atoms with van der Waals surface area (Å²) in [6.07, 6.45) is 0. The molecule has 0 fully saturated rings. The predicted octanol–water partition coefficient (Wildman–Crippen LogP) is 2.99. The monoisotopic (exact) mass is 397 g/mol. The molecule has 28 heavy (non-hydrogen) atoms. The van der Waals surface area contributed by atoms with Crippen molar-refractivity contribution in [3.05, 3.63) is 65.2 Å². The maximum Gasteiger partial charge on any atom is 0.238 e. The van der Waals surface area contributed by atoms with Gasteiger partial charge in [0.15, 0.2) is 17.5 Å². The number of nitrogens with zero attached hydrogens (tertiary/aromatic N) is 1. The highest BCUT2D eigenvalue weighted by molar-refractivity contribution is 5.92. The topological polar surface area (TPSA) is 61.4 Å². The van der Waals surface area contributed by atoms with Crippen molar-refractivity contribution in [2.45, 2.75) is 13.0 Å². The highest BCUT2D eigenvalue weighted by atomic mass is 19.2. The van der Waals surface area contributed by atoms with E-state index in [4.69, 9.17) is 0 Å². The second kappa shape index (κ2) is 9.32. The summed E-state index contributed by atoms with van der Waals surface area (Å²) in [5.41, 5.74) is 0.218. The Morgan fingerprint density at radius 3 is 2.18 bits per heavy atom. The second-order valence-electron chi connectivity index (χ2n) is 6.28. The van der Waals surface area contributed by atoms with Gasteiger partial charge in [-0.15, -0.1) is 0 Å². The van der Waals surface area contributed by atoms with Crippen LogP contribution in [0.1, 0.15) is 18.5 Å². The molecule has 0 aliphatic carbocycles. The highest BCUT2D eigenvalue weighted by Crippen LogP contribution is 2.19. The molecule has 9 heteroatoms. The molecule has 0 spiro atoms. The third-order valence-electron chi connectivity index (χ3n) is 3.88. The second-order valence-corrected chi connectivity index (χ2v) is 6.28. The van der Waals surface area contributed by atoms with E-state index in [2.05, 4.69) is 10.6 Å².